The van der Waals surface area contributed by atoms with Crippen molar-refractivity contribution in [3.05, 3.63) is 23.2 Å². The number of anilines is 1. The summed E-state index contributed by atoms with van der Waals surface area (Å²) >= 11 is 11.5. The van der Waals surface area contributed by atoms with E-state index in [4.69, 9.17) is 28.6 Å². The number of hydrogen-bond donors (Lipinski definition) is 2. The molecule has 0 saturated heterocycles. The molecule has 110 valence electrons. The molecule has 0 bridgehead atoms. The molecule has 1 saturated carbocycles. The standard InChI is InChI=1S/C15H21ClN2OS/c1-10-5-3-4-6-13(10)18-15(20)17-11-7-8-14(19-2)12(16)9-11/h7-10,13H,3-6H2,1-2H3,(H2,17,18,20)/t10-,13+/m0/s1. The highest BCUT2D eigenvalue weighted by Gasteiger charge is 2.21. The summed E-state index contributed by atoms with van der Waals surface area (Å²) in [5.41, 5.74) is 0.872. The van der Waals surface area contributed by atoms with Crippen LogP contribution in [0.5, 0.6) is 5.75 Å². The van der Waals surface area contributed by atoms with Crippen molar-refractivity contribution in [1.82, 2.24) is 5.32 Å². The molecule has 0 unspecified atom stereocenters. The molecule has 0 aromatic heterocycles. The molecule has 0 amide bonds. The zero-order valence-electron chi connectivity index (χ0n) is 11.9. The molecular formula is C15H21ClN2OS. The second-order valence-electron chi connectivity index (χ2n) is 5.32. The maximum Gasteiger partial charge on any atom is 0.171 e. The fourth-order valence-electron chi connectivity index (χ4n) is 2.61. The van der Waals surface area contributed by atoms with Crippen molar-refractivity contribution in [2.45, 2.75) is 38.6 Å². The summed E-state index contributed by atoms with van der Waals surface area (Å²) in [5.74, 6) is 1.33. The fraction of sp³-hybridized carbons (Fsp3) is 0.533. The number of halogens is 1. The molecule has 3 nitrogen and oxygen atoms in total. The first-order chi connectivity index (χ1) is 9.60. The smallest absolute Gasteiger partial charge is 0.171 e. The van der Waals surface area contributed by atoms with Gasteiger partial charge in [0.25, 0.3) is 0 Å². The van der Waals surface area contributed by atoms with Crippen LogP contribution in [0.25, 0.3) is 0 Å². The highest BCUT2D eigenvalue weighted by molar-refractivity contribution is 7.80. The van der Waals surface area contributed by atoms with E-state index in [2.05, 4.69) is 17.6 Å². The molecule has 2 atom stereocenters. The van der Waals surface area contributed by atoms with Crippen LogP contribution < -0.4 is 15.4 Å². The molecule has 1 aliphatic rings. The van der Waals surface area contributed by atoms with Crippen LogP contribution in [0.15, 0.2) is 18.2 Å². The normalized spacial score (nSPS) is 22.1. The van der Waals surface area contributed by atoms with Crippen molar-refractivity contribution in [2.24, 2.45) is 5.92 Å². The third-order valence-electron chi connectivity index (χ3n) is 3.84. The number of nitrogens with one attached hydrogen (secondary N) is 2. The SMILES string of the molecule is COc1ccc(NC(=S)N[C@@H]2CCCC[C@@H]2C)cc1Cl. The molecule has 0 spiro atoms. The highest BCUT2D eigenvalue weighted by atomic mass is 35.5. The van der Waals surface area contributed by atoms with Crippen LogP contribution in [0, 0.1) is 5.92 Å². The Balaban J connectivity index is 1.92. The van der Waals surface area contributed by atoms with Crippen LogP contribution >= 0.6 is 23.8 Å². The second kappa shape index (κ2) is 7.14. The topological polar surface area (TPSA) is 33.3 Å². The lowest BCUT2D eigenvalue weighted by Crippen LogP contribution is -2.43. The number of methoxy groups -OCH3 is 1. The number of benzene rings is 1. The van der Waals surface area contributed by atoms with E-state index in [1.165, 1.54) is 25.7 Å². The van der Waals surface area contributed by atoms with E-state index in [-0.39, 0.29) is 0 Å². The number of thiocarbonyl (C=S) groups is 1. The third kappa shape index (κ3) is 4.00. The molecule has 2 rings (SSSR count). The molecule has 1 aromatic rings. The van der Waals surface area contributed by atoms with Gasteiger partial charge in [-0.25, -0.2) is 0 Å². The largest absolute Gasteiger partial charge is 0.495 e. The molecule has 2 N–H and O–H groups in total. The van der Waals surface area contributed by atoms with E-state index in [0.717, 1.165) is 5.69 Å². The van der Waals surface area contributed by atoms with Crippen LogP contribution in [-0.4, -0.2) is 18.3 Å². The van der Waals surface area contributed by atoms with Crippen LogP contribution in [0.3, 0.4) is 0 Å². The van der Waals surface area contributed by atoms with Crippen LogP contribution in [0.2, 0.25) is 5.02 Å². The molecule has 1 aromatic carbocycles. The van der Waals surface area contributed by atoms with Crippen LogP contribution in [-0.2, 0) is 0 Å². The minimum Gasteiger partial charge on any atom is -0.495 e. The van der Waals surface area contributed by atoms with Gasteiger partial charge in [-0.2, -0.15) is 0 Å². The summed E-state index contributed by atoms with van der Waals surface area (Å²) in [6, 6.07) is 6.02. The van der Waals surface area contributed by atoms with Gasteiger partial charge >= 0.3 is 0 Å². The van der Waals surface area contributed by atoms with Crippen LogP contribution in [0.1, 0.15) is 32.6 Å². The first kappa shape index (κ1) is 15.4. The molecule has 5 heteroatoms. The molecule has 1 fully saturated rings. The van der Waals surface area contributed by atoms with Crippen molar-refractivity contribution in [1.29, 1.82) is 0 Å². The summed E-state index contributed by atoms with van der Waals surface area (Å²) < 4.78 is 5.13. The van der Waals surface area contributed by atoms with Gasteiger partial charge < -0.3 is 15.4 Å². The highest BCUT2D eigenvalue weighted by Crippen LogP contribution is 2.27. The van der Waals surface area contributed by atoms with Crippen molar-refractivity contribution >= 4 is 34.6 Å². The van der Waals surface area contributed by atoms with Gasteiger partial charge in [-0.15, -0.1) is 0 Å². The Bertz CT molecular complexity index is 481. The number of rotatable bonds is 3. The van der Waals surface area contributed by atoms with Crippen LogP contribution in [0.4, 0.5) is 5.69 Å². The van der Waals surface area contributed by atoms with E-state index in [1.54, 1.807) is 7.11 Å². The predicted molar refractivity (Wildman–Crippen MR) is 88.8 cm³/mol. The van der Waals surface area contributed by atoms with E-state index < -0.39 is 0 Å². The van der Waals surface area contributed by atoms with Gasteiger partial charge in [-0.05, 0) is 49.2 Å². The summed E-state index contributed by atoms with van der Waals surface area (Å²) in [4.78, 5) is 0. The molecular weight excluding hydrogens is 292 g/mol. The van der Waals surface area contributed by atoms with Crippen molar-refractivity contribution < 1.29 is 4.74 Å². The first-order valence-electron chi connectivity index (χ1n) is 7.01. The Morgan fingerprint density at radius 3 is 2.75 bits per heavy atom. The Labute approximate surface area is 131 Å². The maximum absolute atomic E-state index is 6.10. The average molecular weight is 313 g/mol. The lowest BCUT2D eigenvalue weighted by atomic mass is 9.86. The fourth-order valence-corrected chi connectivity index (χ4v) is 3.14. The van der Waals surface area contributed by atoms with Gasteiger partial charge in [-0.3, -0.25) is 0 Å². The van der Waals surface area contributed by atoms with Gasteiger partial charge in [0.05, 0.1) is 12.1 Å². The zero-order chi connectivity index (χ0) is 14.5. The second-order valence-corrected chi connectivity index (χ2v) is 6.13. The summed E-state index contributed by atoms with van der Waals surface area (Å²) in [7, 11) is 1.60. The minimum absolute atomic E-state index is 0.470. The summed E-state index contributed by atoms with van der Waals surface area (Å²) in [5, 5.41) is 7.83. The quantitative estimate of drug-likeness (QED) is 0.819. The third-order valence-corrected chi connectivity index (χ3v) is 4.35. The van der Waals surface area contributed by atoms with Crippen molar-refractivity contribution in [3.63, 3.8) is 0 Å². The summed E-state index contributed by atoms with van der Waals surface area (Å²) in [6.45, 7) is 2.28. The monoisotopic (exact) mass is 312 g/mol. The van der Waals surface area contributed by atoms with Crippen molar-refractivity contribution in [3.8, 4) is 5.75 Å². The Morgan fingerprint density at radius 1 is 1.35 bits per heavy atom. The lowest BCUT2D eigenvalue weighted by Gasteiger charge is -2.30. The first-order valence-corrected chi connectivity index (χ1v) is 7.80. The van der Waals surface area contributed by atoms with Gasteiger partial charge in [0, 0.05) is 11.7 Å². The predicted octanol–water partition coefficient (Wildman–Crippen LogP) is 4.21. The Kier molecular flexibility index (Phi) is 5.49. The van der Waals surface area contributed by atoms with Gasteiger partial charge in [0.1, 0.15) is 5.75 Å². The molecule has 0 aliphatic heterocycles. The summed E-state index contributed by atoms with van der Waals surface area (Å²) in [6.07, 6.45) is 5.06. The zero-order valence-corrected chi connectivity index (χ0v) is 13.5. The number of hydrogen-bond acceptors (Lipinski definition) is 2. The van der Waals surface area contributed by atoms with E-state index in [1.807, 2.05) is 18.2 Å². The molecule has 0 radical (unpaired) electrons. The van der Waals surface area contributed by atoms with E-state index in [0.29, 0.717) is 27.8 Å². The van der Waals surface area contributed by atoms with Gasteiger partial charge in [-0.1, -0.05) is 31.4 Å². The molecule has 0 heterocycles. The van der Waals surface area contributed by atoms with E-state index in [9.17, 15) is 0 Å². The lowest BCUT2D eigenvalue weighted by molar-refractivity contribution is 0.309. The maximum atomic E-state index is 6.10. The average Bonchev–Trinajstić information content (AvgIpc) is 2.41. The number of ether oxygens (including phenoxy) is 1. The van der Waals surface area contributed by atoms with Crippen molar-refractivity contribution in [2.75, 3.05) is 12.4 Å². The molecule has 20 heavy (non-hydrogen) atoms. The molecule has 1 aliphatic carbocycles. The van der Waals surface area contributed by atoms with Gasteiger partial charge in [0.2, 0.25) is 0 Å². The Hall–Kier alpha value is -1.00. The van der Waals surface area contributed by atoms with E-state index >= 15 is 0 Å². The Morgan fingerprint density at radius 2 is 2.10 bits per heavy atom. The van der Waals surface area contributed by atoms with Gasteiger partial charge in [0.15, 0.2) is 5.11 Å². The minimum atomic E-state index is 0.470.